The zero-order chi connectivity index (χ0) is 15.8. The minimum Gasteiger partial charge on any atom is -0.393 e. The van der Waals surface area contributed by atoms with Crippen LogP contribution >= 0.6 is 12.2 Å². The summed E-state index contributed by atoms with van der Waals surface area (Å²) in [7, 11) is -1.71. The number of hydrogen-bond acceptors (Lipinski definition) is 4. The van der Waals surface area contributed by atoms with Gasteiger partial charge in [-0.1, -0.05) is 49.0 Å². The highest BCUT2D eigenvalue weighted by Gasteiger charge is 2.72. The number of hydrogen-bond donors (Lipinski definition) is 1. The quantitative estimate of drug-likeness (QED) is 0.807. The Morgan fingerprint density at radius 3 is 2.38 bits per heavy atom. The number of sulfone groups is 1. The Bertz CT molecular complexity index is 639. The average Bonchev–Trinajstić information content (AvgIpc) is 3.11. The summed E-state index contributed by atoms with van der Waals surface area (Å²) in [6, 6.07) is 7.85. The normalized spacial score (nSPS) is 28.3. The van der Waals surface area contributed by atoms with Gasteiger partial charge in [0.05, 0.1) is 22.3 Å². The Balaban J connectivity index is 2.51. The van der Waals surface area contributed by atoms with E-state index in [1.54, 1.807) is 14.0 Å². The number of nitrogens with two attached hydrogens (primary N) is 1. The molecule has 0 spiro atoms. The van der Waals surface area contributed by atoms with Gasteiger partial charge in [-0.15, -0.1) is 0 Å². The van der Waals surface area contributed by atoms with Crippen LogP contribution in [0.3, 0.4) is 0 Å². The number of ether oxygens (including phenoxy) is 1. The van der Waals surface area contributed by atoms with Crippen molar-refractivity contribution >= 4 is 27.0 Å². The van der Waals surface area contributed by atoms with Crippen molar-refractivity contribution in [1.29, 1.82) is 0 Å². The molecule has 21 heavy (non-hydrogen) atoms. The molecule has 6 heteroatoms. The van der Waals surface area contributed by atoms with Gasteiger partial charge in [0.25, 0.3) is 0 Å². The molecule has 0 saturated heterocycles. The van der Waals surface area contributed by atoms with Crippen LogP contribution in [0.2, 0.25) is 0 Å². The van der Waals surface area contributed by atoms with Crippen LogP contribution in [0.25, 0.3) is 0 Å². The molecule has 1 saturated carbocycles. The summed E-state index contributed by atoms with van der Waals surface area (Å²) >= 11 is 5.19. The molecule has 3 atom stereocenters. The number of benzene rings is 1. The summed E-state index contributed by atoms with van der Waals surface area (Å²) in [5, 5.41) is -0.588. The molecule has 1 aliphatic rings. The first kappa shape index (κ1) is 16.4. The maximum Gasteiger partial charge on any atom is 0.154 e. The molecule has 2 N–H and O–H groups in total. The Morgan fingerprint density at radius 1 is 1.38 bits per heavy atom. The van der Waals surface area contributed by atoms with Crippen LogP contribution in [-0.2, 0) is 14.6 Å². The molecule has 4 nitrogen and oxygen atoms in total. The van der Waals surface area contributed by atoms with Gasteiger partial charge in [0, 0.05) is 18.8 Å². The third-order valence-corrected chi connectivity index (χ3v) is 6.98. The number of aryl methyl sites for hydroxylation is 1. The minimum absolute atomic E-state index is 0.0775. The van der Waals surface area contributed by atoms with Crippen molar-refractivity contribution in [2.45, 2.75) is 25.0 Å². The average molecular weight is 327 g/mol. The molecule has 0 heterocycles. The highest BCUT2D eigenvalue weighted by molar-refractivity contribution is 7.92. The molecule has 0 bridgehead atoms. The topological polar surface area (TPSA) is 69.4 Å². The summed E-state index contributed by atoms with van der Waals surface area (Å²) in [5.41, 5.74) is 7.20. The van der Waals surface area contributed by atoms with Crippen LogP contribution in [0, 0.1) is 12.3 Å². The number of methoxy groups -OCH3 is 1. The lowest BCUT2D eigenvalue weighted by Gasteiger charge is -2.15. The van der Waals surface area contributed by atoms with Gasteiger partial charge >= 0.3 is 0 Å². The Morgan fingerprint density at radius 2 is 1.95 bits per heavy atom. The summed E-state index contributed by atoms with van der Waals surface area (Å²) in [5.74, 6) is -0.144. The Hall–Kier alpha value is -0.980. The fourth-order valence-corrected chi connectivity index (χ4v) is 5.60. The monoisotopic (exact) mass is 327 g/mol. The van der Waals surface area contributed by atoms with E-state index in [1.807, 2.05) is 31.2 Å². The van der Waals surface area contributed by atoms with Gasteiger partial charge in [-0.2, -0.15) is 0 Å². The molecule has 1 fully saturated rings. The van der Waals surface area contributed by atoms with Crippen molar-refractivity contribution in [2.75, 3.05) is 19.5 Å². The van der Waals surface area contributed by atoms with Crippen LogP contribution in [0.5, 0.6) is 0 Å². The van der Waals surface area contributed by atoms with Crippen molar-refractivity contribution in [3.63, 3.8) is 0 Å². The minimum atomic E-state index is -3.25. The number of thiocarbonyl (C=S) groups is 1. The molecular formula is C15H21NO3S2. The second-order valence-electron chi connectivity index (χ2n) is 5.60. The lowest BCUT2D eigenvalue weighted by molar-refractivity contribution is 0.166. The first-order valence-electron chi connectivity index (χ1n) is 6.88. The molecule has 116 valence electrons. The molecule has 1 aliphatic carbocycles. The summed E-state index contributed by atoms with van der Waals surface area (Å²) in [6.45, 7) is 3.87. The Kier molecular flexibility index (Phi) is 4.42. The molecule has 1 aromatic carbocycles. The fraction of sp³-hybridized carbons (Fsp3) is 0.533. The van der Waals surface area contributed by atoms with Gasteiger partial charge in [0.15, 0.2) is 9.84 Å². The van der Waals surface area contributed by atoms with E-state index < -0.39 is 20.5 Å². The maximum atomic E-state index is 12.4. The van der Waals surface area contributed by atoms with Crippen molar-refractivity contribution < 1.29 is 13.2 Å². The van der Waals surface area contributed by atoms with E-state index in [0.29, 0.717) is 0 Å². The van der Waals surface area contributed by atoms with Crippen LogP contribution in [0.1, 0.15) is 24.0 Å². The molecule has 0 amide bonds. The van der Waals surface area contributed by atoms with E-state index in [-0.39, 0.29) is 23.3 Å². The van der Waals surface area contributed by atoms with Gasteiger partial charge in [-0.3, -0.25) is 0 Å². The molecule has 0 radical (unpaired) electrons. The lowest BCUT2D eigenvalue weighted by atomic mass is 9.99. The smallest absolute Gasteiger partial charge is 0.154 e. The third-order valence-electron chi connectivity index (χ3n) is 4.32. The molecule has 0 aromatic heterocycles. The van der Waals surface area contributed by atoms with Crippen molar-refractivity contribution in [2.24, 2.45) is 11.1 Å². The molecule has 1 aromatic rings. The van der Waals surface area contributed by atoms with E-state index in [1.165, 1.54) is 0 Å². The van der Waals surface area contributed by atoms with Crippen molar-refractivity contribution in [3.8, 4) is 0 Å². The van der Waals surface area contributed by atoms with E-state index >= 15 is 0 Å². The van der Waals surface area contributed by atoms with Crippen molar-refractivity contribution in [3.05, 3.63) is 35.4 Å². The predicted octanol–water partition coefficient (Wildman–Crippen LogP) is 1.81. The van der Waals surface area contributed by atoms with Gasteiger partial charge in [-0.25, -0.2) is 8.42 Å². The highest BCUT2D eigenvalue weighted by atomic mass is 32.2. The summed E-state index contributed by atoms with van der Waals surface area (Å²) in [4.78, 5) is 0.219. The molecule has 2 rings (SSSR count). The van der Waals surface area contributed by atoms with Gasteiger partial charge < -0.3 is 10.5 Å². The summed E-state index contributed by atoms with van der Waals surface area (Å²) < 4.78 is 30.1. The molecule has 0 aliphatic heterocycles. The second-order valence-corrected chi connectivity index (χ2v) is 8.45. The maximum absolute atomic E-state index is 12.4. The second kappa shape index (κ2) is 5.66. The van der Waals surface area contributed by atoms with Crippen LogP contribution in [0.15, 0.2) is 24.3 Å². The zero-order valence-electron chi connectivity index (χ0n) is 12.5. The zero-order valence-corrected chi connectivity index (χ0v) is 14.1. The lowest BCUT2D eigenvalue weighted by Crippen LogP contribution is -2.33. The van der Waals surface area contributed by atoms with E-state index in [0.717, 1.165) is 11.1 Å². The first-order chi connectivity index (χ1) is 9.81. The highest BCUT2D eigenvalue weighted by Crippen LogP contribution is 2.63. The van der Waals surface area contributed by atoms with Crippen LogP contribution < -0.4 is 5.73 Å². The van der Waals surface area contributed by atoms with Gasteiger partial charge in [0.1, 0.15) is 0 Å². The third kappa shape index (κ3) is 2.60. The standard InChI is InChI=1S/C15H21NO3S2/c1-4-21(17,18)13-12(11-7-5-10(2)6-8-11)15(13,9-19-3)14(16)20/h5-8,12-13H,4,9H2,1-3H3,(H2,16,20). The van der Waals surface area contributed by atoms with E-state index in [4.69, 9.17) is 22.7 Å². The van der Waals surface area contributed by atoms with Gasteiger partial charge in [0.2, 0.25) is 0 Å². The Labute approximate surface area is 131 Å². The largest absolute Gasteiger partial charge is 0.393 e. The fourth-order valence-electron chi connectivity index (χ4n) is 3.13. The number of rotatable bonds is 6. The van der Waals surface area contributed by atoms with Crippen molar-refractivity contribution in [1.82, 2.24) is 0 Å². The van der Waals surface area contributed by atoms with E-state index in [2.05, 4.69) is 0 Å². The predicted molar refractivity (Wildman–Crippen MR) is 88.3 cm³/mol. The summed E-state index contributed by atoms with van der Waals surface area (Å²) in [6.07, 6.45) is 0. The van der Waals surface area contributed by atoms with Crippen LogP contribution in [-0.4, -0.2) is 38.1 Å². The first-order valence-corrected chi connectivity index (χ1v) is 9.00. The van der Waals surface area contributed by atoms with Crippen LogP contribution in [0.4, 0.5) is 0 Å². The van der Waals surface area contributed by atoms with E-state index in [9.17, 15) is 8.42 Å². The molecular weight excluding hydrogens is 306 g/mol. The molecule has 3 unspecified atom stereocenters. The van der Waals surface area contributed by atoms with Gasteiger partial charge in [-0.05, 0) is 12.5 Å². The SMILES string of the molecule is CCS(=O)(=O)C1C(c2ccc(C)cc2)C1(COC)C(N)=S.